The molecule has 18 heavy (non-hydrogen) atoms. The zero-order valence-electron chi connectivity index (χ0n) is 11.1. The molecule has 1 amide bonds. The Morgan fingerprint density at radius 2 is 2.33 bits per heavy atom. The molecule has 0 spiro atoms. The van der Waals surface area contributed by atoms with Crippen molar-refractivity contribution in [3.63, 3.8) is 0 Å². The summed E-state index contributed by atoms with van der Waals surface area (Å²) in [6.45, 7) is 5.46. The third-order valence-corrected chi connectivity index (χ3v) is 6.19. The highest BCUT2D eigenvalue weighted by molar-refractivity contribution is 8.39. The molecule has 102 valence electrons. The molecule has 2 rings (SSSR count). The molecule has 2 aliphatic rings. The molecule has 3 nitrogen and oxygen atoms in total. The van der Waals surface area contributed by atoms with Crippen LogP contribution >= 0.6 is 23.5 Å². The summed E-state index contributed by atoms with van der Waals surface area (Å²) in [5.74, 6) is 3.09. The van der Waals surface area contributed by atoms with Gasteiger partial charge >= 0.3 is 0 Å². The molecular formula is C13H22N2OS2. The number of aliphatic imine (C=N–C) groups is 1. The molecule has 0 radical (unpaired) electrons. The molecule has 0 aromatic heterocycles. The predicted octanol–water partition coefficient (Wildman–Crippen LogP) is 2.76. The zero-order valence-corrected chi connectivity index (χ0v) is 12.8. The number of carbonyl (C=O) groups excluding carboxylic acids is 1. The number of hydrogen-bond donors (Lipinski definition) is 1. The third kappa shape index (κ3) is 3.92. The highest BCUT2D eigenvalue weighted by atomic mass is 32.2. The van der Waals surface area contributed by atoms with Gasteiger partial charge in [-0.05, 0) is 18.3 Å². The van der Waals surface area contributed by atoms with Gasteiger partial charge in [0.05, 0.1) is 12.3 Å². The van der Waals surface area contributed by atoms with Gasteiger partial charge in [-0.3, -0.25) is 9.79 Å². The predicted molar refractivity (Wildman–Crippen MR) is 81.3 cm³/mol. The lowest BCUT2D eigenvalue weighted by Crippen LogP contribution is -2.44. The van der Waals surface area contributed by atoms with E-state index in [1.54, 1.807) is 23.5 Å². The fourth-order valence-corrected chi connectivity index (χ4v) is 4.38. The Kier molecular flexibility index (Phi) is 5.42. The van der Waals surface area contributed by atoms with Crippen LogP contribution in [0.1, 0.15) is 33.1 Å². The van der Waals surface area contributed by atoms with Crippen LogP contribution in [0.15, 0.2) is 4.99 Å². The molecule has 0 aromatic carbocycles. The van der Waals surface area contributed by atoms with Crippen molar-refractivity contribution in [2.75, 3.05) is 18.1 Å². The van der Waals surface area contributed by atoms with Crippen LogP contribution in [0.3, 0.4) is 0 Å². The van der Waals surface area contributed by atoms with E-state index in [0.29, 0.717) is 17.7 Å². The van der Waals surface area contributed by atoms with Crippen molar-refractivity contribution in [1.82, 2.24) is 5.32 Å². The molecule has 0 aromatic rings. The van der Waals surface area contributed by atoms with E-state index < -0.39 is 0 Å². The van der Waals surface area contributed by atoms with Crippen LogP contribution in [-0.4, -0.2) is 34.4 Å². The van der Waals surface area contributed by atoms with Crippen molar-refractivity contribution in [2.24, 2.45) is 16.8 Å². The molecule has 1 aliphatic heterocycles. The minimum Gasteiger partial charge on any atom is -0.352 e. The maximum atomic E-state index is 11.9. The molecule has 5 heteroatoms. The topological polar surface area (TPSA) is 41.5 Å². The lowest BCUT2D eigenvalue weighted by molar-refractivity contribution is -0.119. The summed E-state index contributed by atoms with van der Waals surface area (Å²) in [6, 6.07) is 0.375. The molecule has 0 saturated heterocycles. The van der Waals surface area contributed by atoms with E-state index in [-0.39, 0.29) is 5.91 Å². The molecule has 0 bridgehead atoms. The maximum Gasteiger partial charge on any atom is 0.230 e. The van der Waals surface area contributed by atoms with Crippen LogP contribution in [0.25, 0.3) is 0 Å². The number of hydrogen-bond acceptors (Lipinski definition) is 4. The van der Waals surface area contributed by atoms with Gasteiger partial charge in [0.15, 0.2) is 0 Å². The first-order valence-electron chi connectivity index (χ1n) is 6.76. The summed E-state index contributed by atoms with van der Waals surface area (Å²) < 4.78 is 1.08. The summed E-state index contributed by atoms with van der Waals surface area (Å²) in [5, 5.41) is 3.20. The Labute approximate surface area is 118 Å². The first kappa shape index (κ1) is 14.3. The lowest BCUT2D eigenvalue weighted by atomic mass is 9.78. The highest BCUT2D eigenvalue weighted by Gasteiger charge is 2.28. The van der Waals surface area contributed by atoms with Crippen molar-refractivity contribution in [3.05, 3.63) is 0 Å². The summed E-state index contributed by atoms with van der Waals surface area (Å²) in [7, 11) is 0. The second-order valence-electron chi connectivity index (χ2n) is 5.23. The van der Waals surface area contributed by atoms with Crippen LogP contribution in [0.2, 0.25) is 0 Å². The van der Waals surface area contributed by atoms with Crippen molar-refractivity contribution in [3.8, 4) is 0 Å². The van der Waals surface area contributed by atoms with Crippen LogP contribution in [0, 0.1) is 11.8 Å². The van der Waals surface area contributed by atoms with E-state index in [2.05, 4.69) is 24.2 Å². The van der Waals surface area contributed by atoms with Gasteiger partial charge in [-0.2, -0.15) is 0 Å². The quantitative estimate of drug-likeness (QED) is 0.867. The SMILES string of the molecule is C[C@@H]1[C@H](C)CCC[C@H]1NC(=O)CSC1=NCCS1. The van der Waals surface area contributed by atoms with Gasteiger partial charge in [0.2, 0.25) is 5.91 Å². The van der Waals surface area contributed by atoms with Crippen molar-refractivity contribution < 1.29 is 4.79 Å². The lowest BCUT2D eigenvalue weighted by Gasteiger charge is -2.34. The van der Waals surface area contributed by atoms with Gasteiger partial charge < -0.3 is 5.32 Å². The third-order valence-electron chi connectivity index (χ3n) is 3.94. The van der Waals surface area contributed by atoms with E-state index in [1.807, 2.05) is 0 Å². The van der Waals surface area contributed by atoms with Crippen molar-refractivity contribution in [2.45, 2.75) is 39.2 Å². The Morgan fingerprint density at radius 1 is 1.50 bits per heavy atom. The Morgan fingerprint density at radius 3 is 3.06 bits per heavy atom. The molecule has 0 unspecified atom stereocenters. The minimum absolute atomic E-state index is 0.168. The smallest absolute Gasteiger partial charge is 0.230 e. The fraction of sp³-hybridized carbons (Fsp3) is 0.846. The number of nitrogens with zero attached hydrogens (tertiary/aromatic N) is 1. The zero-order chi connectivity index (χ0) is 13.0. The molecule has 3 atom stereocenters. The van der Waals surface area contributed by atoms with E-state index in [1.165, 1.54) is 12.8 Å². The summed E-state index contributed by atoms with van der Waals surface area (Å²) in [6.07, 6.45) is 3.68. The van der Waals surface area contributed by atoms with E-state index in [4.69, 9.17) is 0 Å². The van der Waals surface area contributed by atoms with Crippen molar-refractivity contribution >= 4 is 33.8 Å². The second kappa shape index (κ2) is 6.85. The van der Waals surface area contributed by atoms with Crippen LogP contribution in [-0.2, 0) is 4.79 Å². The first-order valence-corrected chi connectivity index (χ1v) is 8.73. The standard InChI is InChI=1S/C13H22N2OS2/c1-9-4-3-5-11(10(9)2)15-12(16)8-18-13-14-6-7-17-13/h9-11H,3-8H2,1-2H3,(H,15,16)/t9-,10-,11-/m1/s1. The molecule has 1 aliphatic carbocycles. The molecule has 1 heterocycles. The van der Waals surface area contributed by atoms with Crippen LogP contribution in [0.5, 0.6) is 0 Å². The first-order chi connectivity index (χ1) is 8.66. The second-order valence-corrected chi connectivity index (χ2v) is 7.53. The van der Waals surface area contributed by atoms with Gasteiger partial charge in [0, 0.05) is 11.8 Å². The summed E-state index contributed by atoms with van der Waals surface area (Å²) >= 11 is 3.35. The Hall–Kier alpha value is -0.160. The summed E-state index contributed by atoms with van der Waals surface area (Å²) in [5.41, 5.74) is 0. The molecule has 1 saturated carbocycles. The minimum atomic E-state index is 0.168. The van der Waals surface area contributed by atoms with Crippen LogP contribution < -0.4 is 5.32 Å². The molecule has 1 N–H and O–H groups in total. The van der Waals surface area contributed by atoms with Gasteiger partial charge in [0.25, 0.3) is 0 Å². The number of thioether (sulfide) groups is 2. The van der Waals surface area contributed by atoms with E-state index in [9.17, 15) is 4.79 Å². The Bertz CT molecular complexity index is 333. The average Bonchev–Trinajstić information content (AvgIpc) is 2.86. The maximum absolute atomic E-state index is 11.9. The van der Waals surface area contributed by atoms with Crippen LogP contribution in [0.4, 0.5) is 0 Å². The monoisotopic (exact) mass is 286 g/mol. The average molecular weight is 286 g/mol. The van der Waals surface area contributed by atoms with Crippen molar-refractivity contribution in [1.29, 1.82) is 0 Å². The number of rotatable bonds is 3. The molecule has 1 fully saturated rings. The normalized spacial score (nSPS) is 32.1. The van der Waals surface area contributed by atoms with E-state index in [0.717, 1.165) is 29.0 Å². The van der Waals surface area contributed by atoms with Gasteiger partial charge in [-0.15, -0.1) is 0 Å². The van der Waals surface area contributed by atoms with Gasteiger partial charge in [-0.1, -0.05) is 50.2 Å². The summed E-state index contributed by atoms with van der Waals surface area (Å²) in [4.78, 5) is 16.3. The number of carbonyl (C=O) groups is 1. The van der Waals surface area contributed by atoms with Gasteiger partial charge in [0.1, 0.15) is 4.38 Å². The molecular weight excluding hydrogens is 264 g/mol. The van der Waals surface area contributed by atoms with Gasteiger partial charge in [-0.25, -0.2) is 0 Å². The largest absolute Gasteiger partial charge is 0.352 e. The Balaban J connectivity index is 1.72. The highest BCUT2D eigenvalue weighted by Crippen LogP contribution is 2.29. The number of nitrogens with one attached hydrogen (secondary N) is 1. The van der Waals surface area contributed by atoms with E-state index >= 15 is 0 Å². The number of amides is 1. The fourth-order valence-electron chi connectivity index (χ4n) is 2.56.